The zero-order valence-corrected chi connectivity index (χ0v) is 15.6. The maximum absolute atomic E-state index is 6.32. The molecular formula is C15H14Br3NO. The molecule has 106 valence electrons. The molecule has 0 aliphatic heterocycles. The minimum Gasteiger partial charge on any atom is -0.496 e. The maximum Gasteiger partial charge on any atom is 0.133 e. The van der Waals surface area contributed by atoms with Gasteiger partial charge >= 0.3 is 0 Å². The Hall–Kier alpha value is -0.360. The van der Waals surface area contributed by atoms with Crippen LogP contribution in [0.15, 0.2) is 49.8 Å². The van der Waals surface area contributed by atoms with Gasteiger partial charge in [0.05, 0.1) is 11.6 Å². The lowest BCUT2D eigenvalue weighted by atomic mass is 10.00. The quantitative estimate of drug-likeness (QED) is 0.674. The normalized spacial score (nSPS) is 12.2. The molecule has 2 aromatic carbocycles. The van der Waals surface area contributed by atoms with E-state index in [0.717, 1.165) is 36.7 Å². The smallest absolute Gasteiger partial charge is 0.133 e. The number of hydrogen-bond donors (Lipinski definition) is 1. The van der Waals surface area contributed by atoms with E-state index in [4.69, 9.17) is 10.5 Å². The number of benzene rings is 2. The first kappa shape index (κ1) is 16.0. The Morgan fingerprint density at radius 2 is 1.80 bits per heavy atom. The van der Waals surface area contributed by atoms with E-state index in [0.29, 0.717) is 0 Å². The number of methoxy groups -OCH3 is 1. The van der Waals surface area contributed by atoms with Crippen molar-refractivity contribution < 1.29 is 4.74 Å². The minimum atomic E-state index is -0.0674. The van der Waals surface area contributed by atoms with E-state index in [2.05, 4.69) is 47.8 Å². The van der Waals surface area contributed by atoms with Crippen LogP contribution in [0.1, 0.15) is 17.2 Å². The average molecular weight is 464 g/mol. The largest absolute Gasteiger partial charge is 0.496 e. The summed E-state index contributed by atoms with van der Waals surface area (Å²) in [6.07, 6.45) is 0.762. The Bertz CT molecular complexity index is 616. The number of rotatable bonds is 4. The molecule has 0 spiro atoms. The van der Waals surface area contributed by atoms with Gasteiger partial charge in [-0.1, -0.05) is 37.9 Å². The summed E-state index contributed by atoms with van der Waals surface area (Å²) in [4.78, 5) is 0. The maximum atomic E-state index is 6.32. The van der Waals surface area contributed by atoms with Gasteiger partial charge in [-0.05, 0) is 63.8 Å². The molecule has 0 amide bonds. The van der Waals surface area contributed by atoms with Crippen molar-refractivity contribution in [1.29, 1.82) is 0 Å². The van der Waals surface area contributed by atoms with Crippen LogP contribution in [0.4, 0.5) is 0 Å². The summed E-state index contributed by atoms with van der Waals surface area (Å²) in [7, 11) is 1.66. The van der Waals surface area contributed by atoms with Crippen LogP contribution < -0.4 is 10.5 Å². The zero-order chi connectivity index (χ0) is 14.7. The molecule has 0 aliphatic carbocycles. The third-order valence-electron chi connectivity index (χ3n) is 3.03. The summed E-state index contributed by atoms with van der Waals surface area (Å²) in [6.45, 7) is 0. The van der Waals surface area contributed by atoms with E-state index >= 15 is 0 Å². The molecule has 20 heavy (non-hydrogen) atoms. The van der Waals surface area contributed by atoms with Crippen LogP contribution in [-0.4, -0.2) is 7.11 Å². The monoisotopic (exact) mass is 461 g/mol. The highest BCUT2D eigenvalue weighted by molar-refractivity contribution is 9.11. The van der Waals surface area contributed by atoms with Crippen LogP contribution >= 0.6 is 47.8 Å². The molecule has 2 nitrogen and oxygen atoms in total. The minimum absolute atomic E-state index is 0.0674. The Labute approximate surface area is 144 Å². The van der Waals surface area contributed by atoms with Gasteiger partial charge in [0.2, 0.25) is 0 Å². The van der Waals surface area contributed by atoms with Crippen molar-refractivity contribution in [2.75, 3.05) is 7.11 Å². The number of hydrogen-bond acceptors (Lipinski definition) is 2. The Kier molecular flexibility index (Phi) is 5.66. The molecule has 1 atom stereocenters. The molecule has 2 aromatic rings. The summed E-state index contributed by atoms with van der Waals surface area (Å²) in [5, 5.41) is 0. The van der Waals surface area contributed by atoms with Crippen LogP contribution in [0.2, 0.25) is 0 Å². The second-order valence-corrected chi connectivity index (χ2v) is 7.07. The number of halogens is 3. The van der Waals surface area contributed by atoms with Gasteiger partial charge in [0.15, 0.2) is 0 Å². The van der Waals surface area contributed by atoms with Gasteiger partial charge in [-0.15, -0.1) is 0 Å². The Morgan fingerprint density at radius 3 is 2.45 bits per heavy atom. The topological polar surface area (TPSA) is 35.2 Å². The van der Waals surface area contributed by atoms with Crippen molar-refractivity contribution in [3.8, 4) is 5.75 Å². The van der Waals surface area contributed by atoms with Crippen molar-refractivity contribution >= 4 is 47.8 Å². The molecule has 1 unspecified atom stereocenters. The molecule has 0 fully saturated rings. The second-order valence-electron chi connectivity index (χ2n) is 4.45. The molecular weight excluding hydrogens is 450 g/mol. The van der Waals surface area contributed by atoms with E-state index in [1.807, 2.05) is 36.4 Å². The molecule has 0 saturated carbocycles. The van der Waals surface area contributed by atoms with Crippen LogP contribution in [0, 0.1) is 0 Å². The fourth-order valence-electron chi connectivity index (χ4n) is 2.00. The SMILES string of the molecule is COc1ccc(CC(N)c2cc(Br)ccc2Br)cc1Br. The summed E-state index contributed by atoms with van der Waals surface area (Å²) >= 11 is 10.5. The fraction of sp³-hybridized carbons (Fsp3) is 0.200. The van der Waals surface area contributed by atoms with Crippen LogP contribution in [0.5, 0.6) is 5.75 Å². The van der Waals surface area contributed by atoms with E-state index in [9.17, 15) is 0 Å². The van der Waals surface area contributed by atoms with E-state index in [1.165, 1.54) is 0 Å². The summed E-state index contributed by atoms with van der Waals surface area (Å²) in [5.41, 5.74) is 8.57. The van der Waals surface area contributed by atoms with Gasteiger partial charge in [-0.2, -0.15) is 0 Å². The lowest BCUT2D eigenvalue weighted by Gasteiger charge is -2.15. The predicted octanol–water partition coefficient (Wildman–Crippen LogP) is 5.23. The molecule has 5 heteroatoms. The van der Waals surface area contributed by atoms with Gasteiger partial charge in [-0.3, -0.25) is 0 Å². The first-order valence-electron chi connectivity index (χ1n) is 6.04. The Balaban J connectivity index is 2.21. The summed E-state index contributed by atoms with van der Waals surface area (Å²) in [6, 6.07) is 12.0. The lowest BCUT2D eigenvalue weighted by Crippen LogP contribution is -2.14. The van der Waals surface area contributed by atoms with Gasteiger partial charge < -0.3 is 10.5 Å². The average Bonchev–Trinajstić information content (AvgIpc) is 2.41. The van der Waals surface area contributed by atoms with Crippen molar-refractivity contribution in [3.05, 3.63) is 60.9 Å². The number of nitrogens with two attached hydrogens (primary N) is 1. The van der Waals surface area contributed by atoms with Gasteiger partial charge in [0, 0.05) is 15.0 Å². The highest BCUT2D eigenvalue weighted by Crippen LogP contribution is 2.30. The third-order valence-corrected chi connectivity index (χ3v) is 4.86. The van der Waals surface area contributed by atoms with Gasteiger partial charge in [-0.25, -0.2) is 0 Å². The predicted molar refractivity (Wildman–Crippen MR) is 93.2 cm³/mol. The van der Waals surface area contributed by atoms with Gasteiger partial charge in [0.25, 0.3) is 0 Å². The molecule has 0 aromatic heterocycles. The molecule has 2 N–H and O–H groups in total. The molecule has 2 rings (SSSR count). The highest BCUT2D eigenvalue weighted by atomic mass is 79.9. The number of ether oxygens (including phenoxy) is 1. The first-order chi connectivity index (χ1) is 9.51. The lowest BCUT2D eigenvalue weighted by molar-refractivity contribution is 0.412. The molecule has 0 heterocycles. The van der Waals surface area contributed by atoms with Crippen molar-refractivity contribution in [2.45, 2.75) is 12.5 Å². The van der Waals surface area contributed by atoms with Crippen molar-refractivity contribution in [2.24, 2.45) is 5.73 Å². The fourth-order valence-corrected chi connectivity index (χ4v) is 3.51. The van der Waals surface area contributed by atoms with E-state index in [1.54, 1.807) is 7.11 Å². The van der Waals surface area contributed by atoms with Crippen molar-refractivity contribution in [1.82, 2.24) is 0 Å². The van der Waals surface area contributed by atoms with Crippen LogP contribution in [0.3, 0.4) is 0 Å². The van der Waals surface area contributed by atoms with Crippen molar-refractivity contribution in [3.63, 3.8) is 0 Å². The third kappa shape index (κ3) is 3.85. The molecule has 0 radical (unpaired) electrons. The second kappa shape index (κ2) is 7.07. The molecule has 0 aliphatic rings. The van der Waals surface area contributed by atoms with E-state index in [-0.39, 0.29) is 6.04 Å². The summed E-state index contributed by atoms with van der Waals surface area (Å²) in [5.74, 6) is 0.825. The zero-order valence-electron chi connectivity index (χ0n) is 10.9. The van der Waals surface area contributed by atoms with Crippen LogP contribution in [0.25, 0.3) is 0 Å². The van der Waals surface area contributed by atoms with Gasteiger partial charge in [0.1, 0.15) is 5.75 Å². The summed E-state index contributed by atoms with van der Waals surface area (Å²) < 4.78 is 8.23. The van der Waals surface area contributed by atoms with E-state index < -0.39 is 0 Å². The standard InChI is InChI=1S/C15H14Br3NO/c1-20-15-5-2-9(6-13(15)18)7-14(19)11-8-10(16)3-4-12(11)17/h2-6,8,14H,7,19H2,1H3. The highest BCUT2D eigenvalue weighted by Gasteiger charge is 2.12. The Morgan fingerprint density at radius 1 is 1.05 bits per heavy atom. The van der Waals surface area contributed by atoms with Crippen LogP contribution in [-0.2, 0) is 6.42 Å². The first-order valence-corrected chi connectivity index (χ1v) is 8.42. The molecule has 0 bridgehead atoms. The molecule has 0 saturated heterocycles.